The van der Waals surface area contributed by atoms with Gasteiger partial charge in [0.1, 0.15) is 12.7 Å². The molecular weight excluding hydrogens is 256 g/mol. The second-order valence-electron chi connectivity index (χ2n) is 5.01. The van der Waals surface area contributed by atoms with E-state index in [0.717, 1.165) is 25.9 Å². The lowest BCUT2D eigenvalue weighted by molar-refractivity contribution is 0.0672. The average Bonchev–Trinajstić information content (AvgIpc) is 3.17. The van der Waals surface area contributed by atoms with Gasteiger partial charge in [-0.15, -0.1) is 0 Å². The third kappa shape index (κ3) is 2.43. The SMILES string of the molecule is CCn1cc(C(=O)N2CCCC(n3cncn3)C2)cn1. The maximum Gasteiger partial charge on any atom is 0.257 e. The number of hydrogen-bond donors (Lipinski definition) is 0. The number of likely N-dealkylation sites (tertiary alicyclic amines) is 1. The molecule has 7 nitrogen and oxygen atoms in total. The number of carbonyl (C=O) groups excluding carboxylic acids is 1. The van der Waals surface area contributed by atoms with E-state index in [4.69, 9.17) is 0 Å². The van der Waals surface area contributed by atoms with Gasteiger partial charge >= 0.3 is 0 Å². The molecule has 3 heterocycles. The van der Waals surface area contributed by atoms with Crippen molar-refractivity contribution in [1.82, 2.24) is 29.4 Å². The van der Waals surface area contributed by atoms with Crippen LogP contribution in [0.15, 0.2) is 25.0 Å². The summed E-state index contributed by atoms with van der Waals surface area (Å²) < 4.78 is 3.61. The van der Waals surface area contributed by atoms with Gasteiger partial charge in [0.2, 0.25) is 0 Å². The maximum atomic E-state index is 12.5. The van der Waals surface area contributed by atoms with E-state index >= 15 is 0 Å². The fraction of sp³-hybridized carbons (Fsp3) is 0.538. The van der Waals surface area contributed by atoms with Crippen LogP contribution in [0.4, 0.5) is 0 Å². The summed E-state index contributed by atoms with van der Waals surface area (Å²) in [6.45, 7) is 4.25. The van der Waals surface area contributed by atoms with Crippen LogP contribution in [0.1, 0.15) is 36.2 Å². The summed E-state index contributed by atoms with van der Waals surface area (Å²) in [5, 5.41) is 8.34. The second kappa shape index (κ2) is 5.44. The zero-order valence-electron chi connectivity index (χ0n) is 11.5. The zero-order chi connectivity index (χ0) is 13.9. The van der Waals surface area contributed by atoms with E-state index in [0.29, 0.717) is 12.1 Å². The van der Waals surface area contributed by atoms with E-state index in [-0.39, 0.29) is 11.9 Å². The molecule has 106 valence electrons. The Balaban J connectivity index is 1.71. The van der Waals surface area contributed by atoms with Crippen molar-refractivity contribution >= 4 is 5.91 Å². The fourth-order valence-corrected chi connectivity index (χ4v) is 2.59. The number of rotatable bonds is 3. The molecule has 0 aromatic carbocycles. The minimum Gasteiger partial charge on any atom is -0.336 e. The molecule has 1 amide bonds. The molecule has 0 aliphatic carbocycles. The largest absolute Gasteiger partial charge is 0.336 e. The van der Waals surface area contributed by atoms with Crippen molar-refractivity contribution in [3.05, 3.63) is 30.6 Å². The molecule has 0 bridgehead atoms. The van der Waals surface area contributed by atoms with E-state index in [2.05, 4.69) is 15.2 Å². The van der Waals surface area contributed by atoms with Gasteiger partial charge in [0.15, 0.2) is 0 Å². The van der Waals surface area contributed by atoms with Gasteiger partial charge in [-0.1, -0.05) is 0 Å². The summed E-state index contributed by atoms with van der Waals surface area (Å²) in [6.07, 6.45) is 8.71. The summed E-state index contributed by atoms with van der Waals surface area (Å²) in [6, 6.07) is 0.219. The van der Waals surface area contributed by atoms with Crippen molar-refractivity contribution < 1.29 is 4.79 Å². The van der Waals surface area contributed by atoms with Crippen LogP contribution < -0.4 is 0 Å². The molecule has 2 aromatic rings. The number of carbonyl (C=O) groups is 1. The normalized spacial score (nSPS) is 19.2. The first-order valence-electron chi connectivity index (χ1n) is 6.93. The Morgan fingerprint density at radius 2 is 2.35 bits per heavy atom. The van der Waals surface area contributed by atoms with Crippen LogP contribution in [0, 0.1) is 0 Å². The van der Waals surface area contributed by atoms with Crippen molar-refractivity contribution in [2.75, 3.05) is 13.1 Å². The fourth-order valence-electron chi connectivity index (χ4n) is 2.59. The van der Waals surface area contributed by atoms with Gasteiger partial charge in [-0.05, 0) is 19.8 Å². The van der Waals surface area contributed by atoms with Crippen molar-refractivity contribution in [2.45, 2.75) is 32.4 Å². The lowest BCUT2D eigenvalue weighted by Gasteiger charge is -2.32. The molecule has 20 heavy (non-hydrogen) atoms. The Morgan fingerprint density at radius 3 is 3.05 bits per heavy atom. The highest BCUT2D eigenvalue weighted by molar-refractivity contribution is 5.93. The quantitative estimate of drug-likeness (QED) is 0.836. The Hall–Kier alpha value is -2.18. The van der Waals surface area contributed by atoms with Crippen molar-refractivity contribution in [1.29, 1.82) is 0 Å². The van der Waals surface area contributed by atoms with Crippen LogP contribution >= 0.6 is 0 Å². The van der Waals surface area contributed by atoms with Gasteiger partial charge in [-0.3, -0.25) is 9.48 Å². The van der Waals surface area contributed by atoms with Gasteiger partial charge in [0, 0.05) is 25.8 Å². The number of hydrogen-bond acceptors (Lipinski definition) is 4. The molecule has 3 rings (SSSR count). The van der Waals surface area contributed by atoms with Gasteiger partial charge in [-0.2, -0.15) is 10.2 Å². The molecule has 2 aromatic heterocycles. The van der Waals surface area contributed by atoms with E-state index in [1.165, 1.54) is 6.33 Å². The summed E-state index contributed by atoms with van der Waals surface area (Å²) in [5.74, 6) is 0.0505. The first kappa shape index (κ1) is 12.8. The molecule has 1 fully saturated rings. The highest BCUT2D eigenvalue weighted by atomic mass is 16.2. The van der Waals surface area contributed by atoms with Crippen LogP contribution in [0.2, 0.25) is 0 Å². The van der Waals surface area contributed by atoms with E-state index in [1.807, 2.05) is 16.5 Å². The minimum atomic E-state index is 0.0505. The first-order valence-corrected chi connectivity index (χ1v) is 6.93. The predicted octanol–water partition coefficient (Wildman–Crippen LogP) is 0.972. The van der Waals surface area contributed by atoms with Crippen LogP contribution in [-0.2, 0) is 6.54 Å². The Kier molecular flexibility index (Phi) is 3.49. The highest BCUT2D eigenvalue weighted by Crippen LogP contribution is 2.21. The summed E-state index contributed by atoms with van der Waals surface area (Å²) in [5.41, 5.74) is 0.658. The number of piperidine rings is 1. The van der Waals surface area contributed by atoms with E-state index in [1.54, 1.807) is 23.4 Å². The lowest BCUT2D eigenvalue weighted by atomic mass is 10.1. The molecule has 0 saturated carbocycles. The smallest absolute Gasteiger partial charge is 0.257 e. The van der Waals surface area contributed by atoms with Crippen molar-refractivity contribution in [2.24, 2.45) is 0 Å². The zero-order valence-corrected chi connectivity index (χ0v) is 11.5. The van der Waals surface area contributed by atoms with Crippen molar-refractivity contribution in [3.63, 3.8) is 0 Å². The van der Waals surface area contributed by atoms with Gasteiger partial charge in [0.25, 0.3) is 5.91 Å². The molecule has 1 aliphatic rings. The predicted molar refractivity (Wildman–Crippen MR) is 72.1 cm³/mol. The van der Waals surface area contributed by atoms with Gasteiger partial charge in [0.05, 0.1) is 17.8 Å². The highest BCUT2D eigenvalue weighted by Gasteiger charge is 2.26. The van der Waals surface area contributed by atoms with E-state index < -0.39 is 0 Å². The molecule has 0 radical (unpaired) electrons. The third-order valence-corrected chi connectivity index (χ3v) is 3.70. The summed E-state index contributed by atoms with van der Waals surface area (Å²) >= 11 is 0. The van der Waals surface area contributed by atoms with Crippen LogP contribution in [-0.4, -0.2) is 48.4 Å². The summed E-state index contributed by atoms with van der Waals surface area (Å²) in [7, 11) is 0. The topological polar surface area (TPSA) is 68.8 Å². The molecule has 1 unspecified atom stereocenters. The van der Waals surface area contributed by atoms with Crippen molar-refractivity contribution in [3.8, 4) is 0 Å². The second-order valence-corrected chi connectivity index (χ2v) is 5.01. The Bertz CT molecular complexity index is 575. The average molecular weight is 274 g/mol. The summed E-state index contributed by atoms with van der Waals surface area (Å²) in [4.78, 5) is 18.3. The van der Waals surface area contributed by atoms with Crippen LogP contribution in [0.5, 0.6) is 0 Å². The molecular formula is C13H18N6O. The minimum absolute atomic E-state index is 0.0505. The number of nitrogens with zero attached hydrogens (tertiary/aromatic N) is 6. The lowest BCUT2D eigenvalue weighted by Crippen LogP contribution is -2.40. The molecule has 7 heteroatoms. The number of amides is 1. The Morgan fingerprint density at radius 1 is 1.45 bits per heavy atom. The van der Waals surface area contributed by atoms with Gasteiger partial charge < -0.3 is 4.90 Å². The monoisotopic (exact) mass is 274 g/mol. The molecule has 1 atom stereocenters. The van der Waals surface area contributed by atoms with Crippen LogP contribution in [0.3, 0.4) is 0 Å². The van der Waals surface area contributed by atoms with Crippen LogP contribution in [0.25, 0.3) is 0 Å². The molecule has 1 aliphatic heterocycles. The standard InChI is InChI=1S/C13H18N6O/c1-2-18-7-11(6-15-18)13(20)17-5-3-4-12(8-17)19-10-14-9-16-19/h6-7,9-10,12H,2-5,8H2,1H3. The number of aromatic nitrogens is 5. The first-order chi connectivity index (χ1) is 9.78. The van der Waals surface area contributed by atoms with E-state index in [9.17, 15) is 4.79 Å². The number of aryl methyl sites for hydroxylation is 1. The Labute approximate surface area is 117 Å². The molecule has 0 spiro atoms. The molecule has 0 N–H and O–H groups in total. The third-order valence-electron chi connectivity index (χ3n) is 3.70. The molecule has 1 saturated heterocycles. The van der Waals surface area contributed by atoms with Gasteiger partial charge in [-0.25, -0.2) is 9.67 Å². The maximum absolute atomic E-state index is 12.5.